The van der Waals surface area contributed by atoms with Crippen molar-refractivity contribution in [3.8, 4) is 0 Å². The molecular weight excluding hydrogens is 314 g/mol. The van der Waals surface area contributed by atoms with E-state index >= 15 is 0 Å². The standard InChI is InChI=1S/C21H21NO3/c1-14(21(24)25-2)20(23)16-8-10-18(11-9-16)22-19-12-7-15-5-3-4-6-17(15)13-19/h3-14,20,22-23H,1-2H3. The lowest BCUT2D eigenvalue weighted by Gasteiger charge is -2.17. The minimum atomic E-state index is -0.887. The lowest BCUT2D eigenvalue weighted by Crippen LogP contribution is -2.20. The molecular formula is C21H21NO3. The molecule has 0 fully saturated rings. The number of methoxy groups -OCH3 is 1. The number of ether oxygens (including phenoxy) is 1. The van der Waals surface area contributed by atoms with E-state index in [-0.39, 0.29) is 0 Å². The molecule has 0 aliphatic carbocycles. The van der Waals surface area contributed by atoms with Crippen molar-refractivity contribution in [3.05, 3.63) is 72.3 Å². The molecule has 0 saturated heterocycles. The third-order valence-electron chi connectivity index (χ3n) is 4.34. The molecule has 0 spiro atoms. The summed E-state index contributed by atoms with van der Waals surface area (Å²) in [6.07, 6.45) is -0.887. The highest BCUT2D eigenvalue weighted by Gasteiger charge is 2.24. The Hall–Kier alpha value is -2.85. The van der Waals surface area contributed by atoms with Gasteiger partial charge in [-0.1, -0.05) is 42.5 Å². The van der Waals surface area contributed by atoms with E-state index in [1.54, 1.807) is 6.92 Å². The van der Waals surface area contributed by atoms with E-state index in [0.717, 1.165) is 11.4 Å². The summed E-state index contributed by atoms with van der Waals surface area (Å²) in [5.74, 6) is -1.03. The normalized spacial score (nSPS) is 13.2. The van der Waals surface area contributed by atoms with Crippen molar-refractivity contribution >= 4 is 28.1 Å². The predicted molar refractivity (Wildman–Crippen MR) is 99.8 cm³/mol. The van der Waals surface area contributed by atoms with Gasteiger partial charge in [-0.25, -0.2) is 0 Å². The highest BCUT2D eigenvalue weighted by molar-refractivity contribution is 5.86. The van der Waals surface area contributed by atoms with Crippen molar-refractivity contribution in [1.29, 1.82) is 0 Å². The minimum Gasteiger partial charge on any atom is -0.469 e. The Bertz CT molecular complexity index is 874. The fourth-order valence-electron chi connectivity index (χ4n) is 2.80. The van der Waals surface area contributed by atoms with Crippen LogP contribution in [0.5, 0.6) is 0 Å². The number of anilines is 2. The first-order valence-electron chi connectivity index (χ1n) is 8.20. The number of aliphatic hydroxyl groups is 1. The Morgan fingerprint density at radius 2 is 1.60 bits per heavy atom. The number of aliphatic hydroxyl groups excluding tert-OH is 1. The molecule has 0 radical (unpaired) electrons. The van der Waals surface area contributed by atoms with Crippen LogP contribution in [0.1, 0.15) is 18.6 Å². The molecule has 0 aliphatic heterocycles. The number of carbonyl (C=O) groups is 1. The second-order valence-corrected chi connectivity index (χ2v) is 6.07. The first kappa shape index (κ1) is 17.0. The van der Waals surface area contributed by atoms with Gasteiger partial charge in [0.2, 0.25) is 0 Å². The Morgan fingerprint density at radius 1 is 0.960 bits per heavy atom. The van der Waals surface area contributed by atoms with Crippen molar-refractivity contribution in [3.63, 3.8) is 0 Å². The average Bonchev–Trinajstić information content (AvgIpc) is 2.66. The highest BCUT2D eigenvalue weighted by Crippen LogP contribution is 2.26. The molecule has 2 atom stereocenters. The van der Waals surface area contributed by atoms with Crippen LogP contribution in [0, 0.1) is 5.92 Å². The quantitative estimate of drug-likeness (QED) is 0.677. The summed E-state index contributed by atoms with van der Waals surface area (Å²) in [5.41, 5.74) is 2.59. The third-order valence-corrected chi connectivity index (χ3v) is 4.34. The molecule has 128 valence electrons. The summed E-state index contributed by atoms with van der Waals surface area (Å²) in [6.45, 7) is 1.65. The number of esters is 1. The maximum Gasteiger partial charge on any atom is 0.311 e. The van der Waals surface area contributed by atoms with Gasteiger partial charge in [0.15, 0.2) is 0 Å². The maximum atomic E-state index is 11.5. The molecule has 0 amide bonds. The molecule has 25 heavy (non-hydrogen) atoms. The smallest absolute Gasteiger partial charge is 0.311 e. The Kier molecular flexibility index (Phi) is 5.00. The van der Waals surface area contributed by atoms with Gasteiger partial charge in [0.25, 0.3) is 0 Å². The van der Waals surface area contributed by atoms with Crippen LogP contribution in [0.15, 0.2) is 66.7 Å². The lowest BCUT2D eigenvalue weighted by molar-refractivity contribution is -0.148. The summed E-state index contributed by atoms with van der Waals surface area (Å²) in [6, 6.07) is 21.8. The van der Waals surface area contributed by atoms with Crippen LogP contribution in [-0.2, 0) is 9.53 Å². The van der Waals surface area contributed by atoms with Crippen LogP contribution >= 0.6 is 0 Å². The molecule has 0 bridgehead atoms. The van der Waals surface area contributed by atoms with Crippen molar-refractivity contribution < 1.29 is 14.6 Å². The molecule has 3 aromatic carbocycles. The van der Waals surface area contributed by atoms with Crippen LogP contribution in [0.2, 0.25) is 0 Å². The van der Waals surface area contributed by atoms with E-state index in [9.17, 15) is 9.90 Å². The fourth-order valence-corrected chi connectivity index (χ4v) is 2.80. The number of hydrogen-bond acceptors (Lipinski definition) is 4. The molecule has 0 heterocycles. The zero-order chi connectivity index (χ0) is 17.8. The van der Waals surface area contributed by atoms with Gasteiger partial charge in [-0.2, -0.15) is 0 Å². The highest BCUT2D eigenvalue weighted by atomic mass is 16.5. The van der Waals surface area contributed by atoms with Gasteiger partial charge in [-0.3, -0.25) is 4.79 Å². The summed E-state index contributed by atoms with van der Waals surface area (Å²) in [5, 5.41) is 16.0. The van der Waals surface area contributed by atoms with Crippen molar-refractivity contribution in [1.82, 2.24) is 0 Å². The predicted octanol–water partition coefficient (Wildman–Crippen LogP) is 4.43. The third kappa shape index (κ3) is 3.80. The van der Waals surface area contributed by atoms with Crippen molar-refractivity contribution in [2.75, 3.05) is 12.4 Å². The number of hydrogen-bond donors (Lipinski definition) is 2. The van der Waals surface area contributed by atoms with Gasteiger partial charge in [-0.15, -0.1) is 0 Å². The zero-order valence-electron chi connectivity index (χ0n) is 14.3. The second kappa shape index (κ2) is 7.36. The van der Waals surface area contributed by atoms with E-state index in [0.29, 0.717) is 5.56 Å². The van der Waals surface area contributed by atoms with Crippen LogP contribution in [0.4, 0.5) is 11.4 Å². The van der Waals surface area contributed by atoms with Gasteiger partial charge >= 0.3 is 5.97 Å². The Morgan fingerprint density at radius 3 is 2.28 bits per heavy atom. The maximum absolute atomic E-state index is 11.5. The fraction of sp³-hybridized carbons (Fsp3) is 0.190. The van der Waals surface area contributed by atoms with Crippen LogP contribution in [0.3, 0.4) is 0 Å². The lowest BCUT2D eigenvalue weighted by atomic mass is 9.97. The van der Waals surface area contributed by atoms with Crippen LogP contribution in [0.25, 0.3) is 10.8 Å². The molecule has 0 saturated carbocycles. The first-order valence-corrected chi connectivity index (χ1v) is 8.20. The zero-order valence-corrected chi connectivity index (χ0v) is 14.3. The minimum absolute atomic E-state index is 0.425. The van der Waals surface area contributed by atoms with Gasteiger partial charge < -0.3 is 15.2 Å². The van der Waals surface area contributed by atoms with Crippen LogP contribution < -0.4 is 5.32 Å². The van der Waals surface area contributed by atoms with Gasteiger partial charge in [-0.05, 0) is 47.5 Å². The molecule has 2 N–H and O–H groups in total. The number of nitrogens with one attached hydrogen (secondary N) is 1. The molecule has 2 unspecified atom stereocenters. The van der Waals surface area contributed by atoms with E-state index in [4.69, 9.17) is 0 Å². The molecule has 3 rings (SSSR count). The number of benzene rings is 3. The van der Waals surface area contributed by atoms with E-state index in [1.165, 1.54) is 17.9 Å². The first-order chi connectivity index (χ1) is 12.1. The van der Waals surface area contributed by atoms with E-state index < -0.39 is 18.0 Å². The summed E-state index contributed by atoms with van der Waals surface area (Å²) in [7, 11) is 1.32. The van der Waals surface area contributed by atoms with E-state index in [1.807, 2.05) is 42.5 Å². The molecule has 4 nitrogen and oxygen atoms in total. The SMILES string of the molecule is COC(=O)C(C)C(O)c1ccc(Nc2ccc3ccccc3c2)cc1. The van der Waals surface area contributed by atoms with Gasteiger partial charge in [0.05, 0.1) is 19.1 Å². The second-order valence-electron chi connectivity index (χ2n) is 6.07. The van der Waals surface area contributed by atoms with Crippen molar-refractivity contribution in [2.24, 2.45) is 5.92 Å². The number of rotatable bonds is 5. The van der Waals surface area contributed by atoms with Gasteiger partial charge in [0, 0.05) is 11.4 Å². The molecule has 3 aromatic rings. The van der Waals surface area contributed by atoms with Crippen LogP contribution in [-0.4, -0.2) is 18.2 Å². The average molecular weight is 335 g/mol. The summed E-state index contributed by atoms with van der Waals surface area (Å²) >= 11 is 0. The summed E-state index contributed by atoms with van der Waals surface area (Å²) in [4.78, 5) is 11.5. The van der Waals surface area contributed by atoms with Gasteiger partial charge in [0.1, 0.15) is 0 Å². The topological polar surface area (TPSA) is 58.6 Å². The number of carbonyl (C=O) groups excluding carboxylic acids is 1. The molecule has 0 aromatic heterocycles. The molecule has 4 heteroatoms. The number of fused-ring (bicyclic) bond motifs is 1. The largest absolute Gasteiger partial charge is 0.469 e. The Labute approximate surface area is 147 Å². The Balaban J connectivity index is 1.74. The summed E-state index contributed by atoms with van der Waals surface area (Å²) < 4.78 is 4.68. The molecule has 0 aliphatic rings. The van der Waals surface area contributed by atoms with E-state index in [2.05, 4.69) is 34.3 Å². The monoisotopic (exact) mass is 335 g/mol. The van der Waals surface area contributed by atoms with Crippen molar-refractivity contribution in [2.45, 2.75) is 13.0 Å².